The normalized spacial score (nSPS) is 34.9. The van der Waals surface area contributed by atoms with E-state index in [-0.39, 0.29) is 5.31 Å². The van der Waals surface area contributed by atoms with Gasteiger partial charge in [-0.3, -0.25) is 0 Å². The molecular weight excluding hydrogens is 161 g/mol. The van der Waals surface area contributed by atoms with Crippen molar-refractivity contribution in [3.63, 3.8) is 0 Å². The number of imide groups is 1. The number of rotatable bonds is 0. The molecular formula is C3H3NO2Se. The summed E-state index contributed by atoms with van der Waals surface area (Å²) in [7, 11) is 0. The maximum absolute atomic E-state index is 10.6. The van der Waals surface area contributed by atoms with Crippen LogP contribution in [0.5, 0.6) is 0 Å². The van der Waals surface area contributed by atoms with Gasteiger partial charge in [0.05, 0.1) is 0 Å². The summed E-state index contributed by atoms with van der Waals surface area (Å²) in [6.45, 7) is 0. The average molecular weight is 167 g/mol. The molecule has 0 aromatic carbocycles. The first-order valence-corrected chi connectivity index (χ1v) is 3.23. The second-order valence-electron chi connectivity index (χ2n) is 0.887. The van der Waals surface area contributed by atoms with Gasteiger partial charge in [0, 0.05) is 0 Å². The second kappa shape index (κ2) is 1.64. The quantitative estimate of drug-likeness (QED) is 0.487. The van der Waals surface area contributed by atoms with Crippen molar-refractivity contribution >= 4 is 25.7 Å². The average Bonchev–Trinajstić information content (AvgIpc) is 1.95. The van der Waals surface area contributed by atoms with Gasteiger partial charge in [-0.1, -0.05) is 0 Å². The predicted octanol–water partition coefficient (Wildman–Crippen LogP) is -0.641. The second-order valence-corrected chi connectivity index (χ2v) is 2.48. The first-order chi connectivity index (χ1) is 4.45. The van der Waals surface area contributed by atoms with Gasteiger partial charge in [-0.05, 0) is 0 Å². The molecule has 0 aromatic rings. The minimum absolute atomic E-state index is 0.0972. The Morgan fingerprint density at radius 3 is 2.86 bits per heavy atom. The molecule has 0 bridgehead atoms. The van der Waals surface area contributed by atoms with Gasteiger partial charge in [-0.25, -0.2) is 0 Å². The molecule has 7 heavy (non-hydrogen) atoms. The van der Waals surface area contributed by atoms with E-state index in [1.165, 1.54) is 0 Å². The molecule has 38 valence electrons. The minimum atomic E-state index is -2.09. The molecule has 1 saturated heterocycles. The first-order valence-electron chi connectivity index (χ1n) is 2.96. The summed E-state index contributed by atoms with van der Waals surface area (Å²) in [6, 6.07) is 0. The van der Waals surface area contributed by atoms with Crippen molar-refractivity contribution in [3.05, 3.63) is 0 Å². The van der Waals surface area contributed by atoms with E-state index in [4.69, 9.17) is 4.15 Å². The SMILES string of the molecule is [2H]N1C(=O)[Se]C([2H])([2H])C1=O. The molecule has 1 heterocycles. The van der Waals surface area contributed by atoms with Crippen LogP contribution in [0.15, 0.2) is 0 Å². The van der Waals surface area contributed by atoms with Gasteiger partial charge in [0.15, 0.2) is 0 Å². The monoisotopic (exact) mass is 168 g/mol. The van der Waals surface area contributed by atoms with Crippen molar-refractivity contribution in [2.24, 2.45) is 0 Å². The zero-order chi connectivity index (χ0) is 7.94. The van der Waals surface area contributed by atoms with Crippen molar-refractivity contribution in [1.29, 1.82) is 0 Å². The number of hydrogen-bond donors (Lipinski definition) is 1. The van der Waals surface area contributed by atoms with E-state index in [0.29, 0.717) is 0 Å². The van der Waals surface area contributed by atoms with Crippen LogP contribution < -0.4 is 5.31 Å². The third kappa shape index (κ3) is 1.01. The van der Waals surface area contributed by atoms with E-state index >= 15 is 0 Å². The molecule has 2 amide bonds. The van der Waals surface area contributed by atoms with Crippen LogP contribution in [0.3, 0.4) is 0 Å². The Kier molecular flexibility index (Phi) is 0.535. The molecule has 0 aliphatic carbocycles. The van der Waals surface area contributed by atoms with Gasteiger partial charge >= 0.3 is 50.0 Å². The van der Waals surface area contributed by atoms with Crippen molar-refractivity contribution in [1.82, 2.24) is 5.31 Å². The van der Waals surface area contributed by atoms with Gasteiger partial charge in [-0.15, -0.1) is 0 Å². The van der Waals surface area contributed by atoms with E-state index in [9.17, 15) is 9.59 Å². The number of nitrogens with one attached hydrogen (secondary N) is 1. The Balaban J connectivity index is 2.92. The predicted molar refractivity (Wildman–Crippen MR) is 24.1 cm³/mol. The van der Waals surface area contributed by atoms with Gasteiger partial charge in [0.25, 0.3) is 0 Å². The van der Waals surface area contributed by atoms with E-state index in [1.807, 2.05) is 0 Å². The zero-order valence-electron chi connectivity index (χ0n) is 6.17. The molecule has 0 saturated carbocycles. The molecule has 0 unspecified atom stereocenters. The zero-order valence-corrected chi connectivity index (χ0v) is 4.89. The van der Waals surface area contributed by atoms with Crippen LogP contribution in [0, 0.1) is 0 Å². The maximum atomic E-state index is 10.6. The Morgan fingerprint density at radius 2 is 2.71 bits per heavy atom. The standard InChI is InChI=1S/C3H3NO2Se/c5-2-1-7-3(6)4-2/h1H2,(H,4,5,6)/i1D2/hD. The summed E-state index contributed by atoms with van der Waals surface area (Å²) in [5.41, 5.74) is 0. The Morgan fingerprint density at radius 1 is 2.00 bits per heavy atom. The Labute approximate surface area is 50.9 Å². The van der Waals surface area contributed by atoms with E-state index < -0.39 is 30.9 Å². The van der Waals surface area contributed by atoms with Crippen LogP contribution in [0.4, 0.5) is 4.79 Å². The van der Waals surface area contributed by atoms with Crippen LogP contribution in [0.2, 0.25) is 6.68 Å². The fraction of sp³-hybridized carbons (Fsp3) is 0.333. The fourth-order valence-electron chi connectivity index (χ4n) is 0.216. The van der Waals surface area contributed by atoms with Crippen LogP contribution in [0.1, 0.15) is 2.74 Å². The van der Waals surface area contributed by atoms with Gasteiger partial charge in [0.1, 0.15) is 0 Å². The van der Waals surface area contributed by atoms with E-state index in [2.05, 4.69) is 0 Å². The number of hydrogen-bond acceptors (Lipinski definition) is 2. The van der Waals surface area contributed by atoms with Gasteiger partial charge in [-0.2, -0.15) is 0 Å². The van der Waals surface area contributed by atoms with Crippen LogP contribution in [0.25, 0.3) is 0 Å². The molecule has 1 rings (SSSR count). The number of carbonyl (C=O) groups is 2. The third-order valence-electron chi connectivity index (χ3n) is 0.418. The third-order valence-corrected chi connectivity index (χ3v) is 1.56. The van der Waals surface area contributed by atoms with E-state index in [0.717, 1.165) is 0 Å². The molecule has 0 aromatic heterocycles. The van der Waals surface area contributed by atoms with Crippen molar-refractivity contribution in [3.8, 4) is 0 Å². The Bertz CT molecular complexity index is 206. The van der Waals surface area contributed by atoms with Crippen molar-refractivity contribution in [2.45, 2.75) is 5.27 Å². The van der Waals surface area contributed by atoms with Crippen LogP contribution >= 0.6 is 0 Å². The molecule has 0 spiro atoms. The molecule has 1 N–H and O–H groups in total. The summed E-state index contributed by atoms with van der Waals surface area (Å²) in [6.07, 6.45) is 0. The summed E-state index contributed by atoms with van der Waals surface area (Å²) in [5, 5.41) is -1.99. The first kappa shape index (κ1) is 2.29. The van der Waals surface area contributed by atoms with E-state index in [1.54, 1.807) is 0 Å². The summed E-state index contributed by atoms with van der Waals surface area (Å²) in [4.78, 5) is 20.4. The molecule has 1 fully saturated rings. The molecule has 1 aliphatic heterocycles. The van der Waals surface area contributed by atoms with Crippen molar-refractivity contribution < 1.29 is 13.7 Å². The molecule has 0 radical (unpaired) electrons. The molecule has 1 aliphatic rings. The summed E-state index contributed by atoms with van der Waals surface area (Å²) < 4.78 is 20.5. The summed E-state index contributed by atoms with van der Waals surface area (Å²) >= 11 is -1.05. The topological polar surface area (TPSA) is 46.2 Å². The van der Waals surface area contributed by atoms with Gasteiger partial charge < -0.3 is 0 Å². The van der Waals surface area contributed by atoms with Crippen molar-refractivity contribution in [2.75, 3.05) is 0 Å². The molecule has 3 nitrogen and oxygen atoms in total. The summed E-state index contributed by atoms with van der Waals surface area (Å²) in [5.74, 6) is -1.04. The Hall–Kier alpha value is -0.341. The van der Waals surface area contributed by atoms with Gasteiger partial charge in [0.2, 0.25) is 0 Å². The van der Waals surface area contributed by atoms with Crippen LogP contribution in [-0.4, -0.2) is 25.7 Å². The molecule has 0 atom stereocenters. The van der Waals surface area contributed by atoms with Crippen LogP contribution in [-0.2, 0) is 4.79 Å². The molecule has 4 heteroatoms. The number of amides is 2. The fourth-order valence-corrected chi connectivity index (χ4v) is 0.948. The number of carbonyl (C=O) groups excluding carboxylic acids is 2.